The quantitative estimate of drug-likeness (QED) is 0.874. The van der Waals surface area contributed by atoms with Crippen LogP contribution in [0.5, 0.6) is 0 Å². The number of rotatable bonds is 6. The second-order valence-electron chi connectivity index (χ2n) is 5.71. The van der Waals surface area contributed by atoms with Crippen molar-refractivity contribution < 1.29 is 4.79 Å². The first-order valence-electron chi connectivity index (χ1n) is 8.01. The second-order valence-corrected chi connectivity index (χ2v) is 5.71. The summed E-state index contributed by atoms with van der Waals surface area (Å²) in [6.45, 7) is 8.61. The van der Waals surface area contributed by atoms with Crippen molar-refractivity contribution in [2.24, 2.45) is 5.92 Å². The van der Waals surface area contributed by atoms with Crippen LogP contribution in [0.15, 0.2) is 6.07 Å². The lowest BCUT2D eigenvalue weighted by molar-refractivity contribution is -0.125. The van der Waals surface area contributed by atoms with Gasteiger partial charge >= 0.3 is 0 Å². The van der Waals surface area contributed by atoms with Gasteiger partial charge in [0.15, 0.2) is 0 Å². The SMILES string of the molecule is CCC(CC)C(=O)NCc1nc(C)cc(N2CCCC2)n1. The van der Waals surface area contributed by atoms with Gasteiger partial charge in [0.05, 0.1) is 6.54 Å². The van der Waals surface area contributed by atoms with E-state index in [1.807, 2.05) is 26.8 Å². The molecule has 1 aromatic rings. The Balaban J connectivity index is 2.01. The predicted molar refractivity (Wildman–Crippen MR) is 84.1 cm³/mol. The van der Waals surface area contributed by atoms with Crippen LogP contribution in [0.4, 0.5) is 5.82 Å². The van der Waals surface area contributed by atoms with Gasteiger partial charge in [0.25, 0.3) is 0 Å². The molecular formula is C16H26N4O. The molecule has 1 aliphatic rings. The summed E-state index contributed by atoms with van der Waals surface area (Å²) >= 11 is 0. The van der Waals surface area contributed by atoms with Crippen molar-refractivity contribution in [2.45, 2.75) is 53.0 Å². The minimum Gasteiger partial charge on any atom is -0.357 e. The Morgan fingerprint density at radius 1 is 1.29 bits per heavy atom. The van der Waals surface area contributed by atoms with E-state index in [1.165, 1.54) is 12.8 Å². The van der Waals surface area contributed by atoms with Gasteiger partial charge in [-0.1, -0.05) is 13.8 Å². The summed E-state index contributed by atoms with van der Waals surface area (Å²) < 4.78 is 0. The van der Waals surface area contributed by atoms with Crippen LogP contribution >= 0.6 is 0 Å². The third-order valence-electron chi connectivity index (χ3n) is 4.09. The molecular weight excluding hydrogens is 264 g/mol. The first kappa shape index (κ1) is 15.7. The number of hydrogen-bond acceptors (Lipinski definition) is 4. The molecule has 0 unspecified atom stereocenters. The van der Waals surface area contributed by atoms with Crippen LogP contribution in [0, 0.1) is 12.8 Å². The first-order valence-corrected chi connectivity index (χ1v) is 8.01. The molecule has 1 aromatic heterocycles. The summed E-state index contributed by atoms with van der Waals surface area (Å²) in [5, 5.41) is 2.96. The monoisotopic (exact) mass is 290 g/mol. The molecule has 0 aromatic carbocycles. The molecule has 116 valence electrons. The van der Waals surface area contributed by atoms with Crippen molar-refractivity contribution in [1.29, 1.82) is 0 Å². The van der Waals surface area contributed by atoms with Crippen LogP contribution < -0.4 is 10.2 Å². The number of hydrogen-bond donors (Lipinski definition) is 1. The molecule has 5 heteroatoms. The highest BCUT2D eigenvalue weighted by atomic mass is 16.1. The number of aromatic nitrogens is 2. The molecule has 1 N–H and O–H groups in total. The largest absolute Gasteiger partial charge is 0.357 e. The van der Waals surface area contributed by atoms with Crippen LogP contribution in [-0.4, -0.2) is 29.0 Å². The summed E-state index contributed by atoms with van der Waals surface area (Å²) in [5.74, 6) is 1.89. The minimum absolute atomic E-state index is 0.0906. The molecule has 0 atom stereocenters. The number of carbonyl (C=O) groups is 1. The van der Waals surface area contributed by atoms with E-state index < -0.39 is 0 Å². The highest BCUT2D eigenvalue weighted by molar-refractivity contribution is 5.78. The zero-order valence-electron chi connectivity index (χ0n) is 13.4. The summed E-state index contributed by atoms with van der Waals surface area (Å²) in [6.07, 6.45) is 4.19. The molecule has 2 rings (SSSR count). The maximum absolute atomic E-state index is 12.0. The van der Waals surface area contributed by atoms with Crippen molar-refractivity contribution in [3.63, 3.8) is 0 Å². The van der Waals surface area contributed by atoms with Gasteiger partial charge in [-0.3, -0.25) is 4.79 Å². The van der Waals surface area contributed by atoms with Crippen molar-refractivity contribution >= 4 is 11.7 Å². The summed E-state index contributed by atoms with van der Waals surface area (Å²) in [6, 6.07) is 2.03. The molecule has 1 fully saturated rings. The van der Waals surface area contributed by atoms with E-state index in [-0.39, 0.29) is 11.8 Å². The standard InChI is InChI=1S/C16H26N4O/c1-4-13(5-2)16(21)17-11-14-18-12(3)10-15(19-14)20-8-6-7-9-20/h10,13H,4-9,11H2,1-3H3,(H,17,21). The third-order valence-corrected chi connectivity index (χ3v) is 4.09. The molecule has 1 amide bonds. The fraction of sp³-hybridized carbons (Fsp3) is 0.688. The zero-order valence-corrected chi connectivity index (χ0v) is 13.4. The lowest BCUT2D eigenvalue weighted by atomic mass is 10.0. The van der Waals surface area contributed by atoms with Gasteiger partial charge in [0.2, 0.25) is 5.91 Å². The number of carbonyl (C=O) groups excluding carboxylic acids is 1. The topological polar surface area (TPSA) is 58.1 Å². The first-order chi connectivity index (χ1) is 10.1. The van der Waals surface area contributed by atoms with Crippen LogP contribution in [0.25, 0.3) is 0 Å². The summed E-state index contributed by atoms with van der Waals surface area (Å²) in [7, 11) is 0. The molecule has 0 radical (unpaired) electrons. The minimum atomic E-state index is 0.0906. The zero-order chi connectivity index (χ0) is 15.2. The van der Waals surface area contributed by atoms with E-state index in [0.717, 1.165) is 37.4 Å². The molecule has 0 saturated carbocycles. The highest BCUT2D eigenvalue weighted by Crippen LogP contribution is 2.18. The Bertz CT molecular complexity index is 479. The van der Waals surface area contributed by atoms with Gasteiger partial charge in [-0.2, -0.15) is 0 Å². The summed E-state index contributed by atoms with van der Waals surface area (Å²) in [4.78, 5) is 23.4. The van der Waals surface area contributed by atoms with E-state index in [9.17, 15) is 4.79 Å². The molecule has 0 bridgehead atoms. The van der Waals surface area contributed by atoms with Gasteiger partial charge in [0, 0.05) is 30.8 Å². The smallest absolute Gasteiger partial charge is 0.223 e. The molecule has 1 saturated heterocycles. The van der Waals surface area contributed by atoms with Crippen LogP contribution in [-0.2, 0) is 11.3 Å². The molecule has 21 heavy (non-hydrogen) atoms. The maximum atomic E-state index is 12.0. The third kappa shape index (κ3) is 4.16. The average Bonchev–Trinajstić information content (AvgIpc) is 3.00. The van der Waals surface area contributed by atoms with E-state index in [2.05, 4.69) is 20.2 Å². The number of nitrogens with zero attached hydrogens (tertiary/aromatic N) is 3. The lowest BCUT2D eigenvalue weighted by Crippen LogP contribution is -2.30. The van der Waals surface area contributed by atoms with Gasteiger partial charge in [-0.15, -0.1) is 0 Å². The van der Waals surface area contributed by atoms with Crippen molar-refractivity contribution in [1.82, 2.24) is 15.3 Å². The molecule has 2 heterocycles. The Kier molecular flexibility index (Phi) is 5.53. The normalized spacial score (nSPS) is 14.8. The fourth-order valence-corrected chi connectivity index (χ4v) is 2.77. The van der Waals surface area contributed by atoms with E-state index in [1.54, 1.807) is 0 Å². The number of nitrogens with one attached hydrogen (secondary N) is 1. The number of amides is 1. The van der Waals surface area contributed by atoms with Gasteiger partial charge in [0.1, 0.15) is 11.6 Å². The molecule has 0 aliphatic carbocycles. The van der Waals surface area contributed by atoms with Crippen LogP contribution in [0.3, 0.4) is 0 Å². The van der Waals surface area contributed by atoms with Crippen molar-refractivity contribution in [2.75, 3.05) is 18.0 Å². The maximum Gasteiger partial charge on any atom is 0.223 e. The van der Waals surface area contributed by atoms with Gasteiger partial charge in [-0.25, -0.2) is 9.97 Å². The van der Waals surface area contributed by atoms with Crippen LogP contribution in [0.2, 0.25) is 0 Å². The second kappa shape index (κ2) is 7.38. The number of anilines is 1. The Morgan fingerprint density at radius 3 is 2.57 bits per heavy atom. The average molecular weight is 290 g/mol. The van der Waals surface area contributed by atoms with E-state index >= 15 is 0 Å². The van der Waals surface area contributed by atoms with Gasteiger partial charge in [-0.05, 0) is 32.6 Å². The number of aryl methyl sites for hydroxylation is 1. The Morgan fingerprint density at radius 2 is 1.95 bits per heavy atom. The highest BCUT2D eigenvalue weighted by Gasteiger charge is 2.17. The fourth-order valence-electron chi connectivity index (χ4n) is 2.77. The summed E-state index contributed by atoms with van der Waals surface area (Å²) in [5.41, 5.74) is 0.957. The van der Waals surface area contributed by atoms with Crippen molar-refractivity contribution in [3.8, 4) is 0 Å². The van der Waals surface area contributed by atoms with E-state index in [4.69, 9.17) is 0 Å². The predicted octanol–water partition coefficient (Wildman–Crippen LogP) is 2.44. The molecule has 0 spiro atoms. The van der Waals surface area contributed by atoms with Gasteiger partial charge < -0.3 is 10.2 Å². The molecule has 1 aliphatic heterocycles. The van der Waals surface area contributed by atoms with Crippen LogP contribution in [0.1, 0.15) is 51.0 Å². The Hall–Kier alpha value is -1.65. The van der Waals surface area contributed by atoms with E-state index in [0.29, 0.717) is 12.4 Å². The molecule has 5 nitrogen and oxygen atoms in total. The van der Waals surface area contributed by atoms with Crippen molar-refractivity contribution in [3.05, 3.63) is 17.6 Å². The lowest BCUT2D eigenvalue weighted by Gasteiger charge is -2.18. The Labute approximate surface area is 127 Å².